The van der Waals surface area contributed by atoms with Gasteiger partial charge in [-0.2, -0.15) is 0 Å². The first-order valence-electron chi connectivity index (χ1n) is 5.03. The zero-order valence-electron chi connectivity index (χ0n) is 8.90. The highest BCUT2D eigenvalue weighted by Crippen LogP contribution is 2.14. The number of anilines is 1. The quantitative estimate of drug-likeness (QED) is 0.888. The van der Waals surface area contributed by atoms with E-state index in [1.807, 2.05) is 13.0 Å². The molecular formula is C11H12FN3S. The third-order valence-corrected chi connectivity index (χ3v) is 2.95. The van der Waals surface area contributed by atoms with Crippen molar-refractivity contribution in [2.75, 3.05) is 11.9 Å². The van der Waals surface area contributed by atoms with Crippen molar-refractivity contribution < 1.29 is 4.39 Å². The van der Waals surface area contributed by atoms with Crippen LogP contribution in [0, 0.1) is 12.7 Å². The van der Waals surface area contributed by atoms with Crippen LogP contribution in [0.1, 0.15) is 10.6 Å². The number of hydrogen-bond donors (Lipinski definition) is 1. The lowest BCUT2D eigenvalue weighted by Crippen LogP contribution is -2.05. The second-order valence-electron chi connectivity index (χ2n) is 3.39. The summed E-state index contributed by atoms with van der Waals surface area (Å²) < 4.78 is 13.3. The number of aryl methyl sites for hydroxylation is 1. The third kappa shape index (κ3) is 2.76. The standard InChI is InChI=1S/C11H12FN3S/c1-8-14-15-11(16-8)13-7-6-9-4-2-3-5-10(9)12/h2-5H,6-7H2,1H3,(H,13,15). The van der Waals surface area contributed by atoms with Gasteiger partial charge in [0.05, 0.1) is 0 Å². The van der Waals surface area contributed by atoms with E-state index in [9.17, 15) is 4.39 Å². The average Bonchev–Trinajstić information content (AvgIpc) is 2.67. The maximum absolute atomic E-state index is 13.3. The van der Waals surface area contributed by atoms with Gasteiger partial charge in [-0.3, -0.25) is 0 Å². The molecule has 0 radical (unpaired) electrons. The van der Waals surface area contributed by atoms with E-state index >= 15 is 0 Å². The Morgan fingerprint density at radius 1 is 1.31 bits per heavy atom. The number of hydrogen-bond acceptors (Lipinski definition) is 4. The van der Waals surface area contributed by atoms with Crippen molar-refractivity contribution >= 4 is 16.5 Å². The zero-order valence-corrected chi connectivity index (χ0v) is 9.72. The van der Waals surface area contributed by atoms with E-state index in [0.29, 0.717) is 13.0 Å². The SMILES string of the molecule is Cc1nnc(NCCc2ccccc2F)s1. The number of rotatable bonds is 4. The predicted octanol–water partition coefficient (Wildman–Crippen LogP) is 2.64. The highest BCUT2D eigenvalue weighted by Gasteiger charge is 2.02. The number of nitrogens with zero attached hydrogens (tertiary/aromatic N) is 2. The van der Waals surface area contributed by atoms with Crippen LogP contribution in [-0.2, 0) is 6.42 Å². The van der Waals surface area contributed by atoms with Crippen LogP contribution in [-0.4, -0.2) is 16.7 Å². The van der Waals surface area contributed by atoms with E-state index in [2.05, 4.69) is 15.5 Å². The molecule has 1 heterocycles. The molecule has 0 atom stereocenters. The van der Waals surface area contributed by atoms with Crippen LogP contribution >= 0.6 is 11.3 Å². The first-order valence-corrected chi connectivity index (χ1v) is 5.85. The molecule has 0 aliphatic carbocycles. The molecule has 1 aromatic heterocycles. The molecule has 0 spiro atoms. The van der Waals surface area contributed by atoms with Gasteiger partial charge in [0.15, 0.2) is 0 Å². The summed E-state index contributed by atoms with van der Waals surface area (Å²) in [7, 11) is 0. The van der Waals surface area contributed by atoms with Gasteiger partial charge in [-0.15, -0.1) is 10.2 Å². The lowest BCUT2D eigenvalue weighted by atomic mass is 10.1. The van der Waals surface area contributed by atoms with Crippen molar-refractivity contribution in [3.8, 4) is 0 Å². The minimum Gasteiger partial charge on any atom is -0.360 e. The van der Waals surface area contributed by atoms with Gasteiger partial charge >= 0.3 is 0 Å². The molecule has 0 unspecified atom stereocenters. The summed E-state index contributed by atoms with van der Waals surface area (Å²) in [6, 6.07) is 6.81. The number of aromatic nitrogens is 2. The van der Waals surface area contributed by atoms with Gasteiger partial charge in [-0.05, 0) is 25.0 Å². The summed E-state index contributed by atoms with van der Waals surface area (Å²) in [5, 5.41) is 12.7. The summed E-state index contributed by atoms with van der Waals surface area (Å²) in [5.41, 5.74) is 0.719. The fourth-order valence-corrected chi connectivity index (χ4v) is 1.99. The highest BCUT2D eigenvalue weighted by molar-refractivity contribution is 7.15. The molecule has 0 aliphatic rings. The monoisotopic (exact) mass is 237 g/mol. The first-order chi connectivity index (χ1) is 7.75. The molecule has 1 aromatic carbocycles. The van der Waals surface area contributed by atoms with E-state index in [-0.39, 0.29) is 5.82 Å². The molecule has 1 N–H and O–H groups in total. The summed E-state index contributed by atoms with van der Waals surface area (Å²) in [6.07, 6.45) is 0.644. The van der Waals surface area contributed by atoms with Crippen molar-refractivity contribution in [3.63, 3.8) is 0 Å². The van der Waals surface area contributed by atoms with Crippen molar-refractivity contribution in [3.05, 3.63) is 40.7 Å². The lowest BCUT2D eigenvalue weighted by Gasteiger charge is -2.03. The third-order valence-electron chi connectivity index (χ3n) is 2.15. The highest BCUT2D eigenvalue weighted by atomic mass is 32.1. The van der Waals surface area contributed by atoms with Gasteiger partial charge in [0, 0.05) is 6.54 Å². The molecule has 84 valence electrons. The molecule has 3 nitrogen and oxygen atoms in total. The van der Waals surface area contributed by atoms with E-state index in [4.69, 9.17) is 0 Å². The molecule has 16 heavy (non-hydrogen) atoms. The Hall–Kier alpha value is -1.49. The molecule has 0 saturated carbocycles. The van der Waals surface area contributed by atoms with Crippen LogP contribution in [0.15, 0.2) is 24.3 Å². The topological polar surface area (TPSA) is 37.8 Å². The fourth-order valence-electron chi connectivity index (χ4n) is 1.37. The van der Waals surface area contributed by atoms with E-state index < -0.39 is 0 Å². The van der Waals surface area contributed by atoms with Crippen LogP contribution in [0.4, 0.5) is 9.52 Å². The second-order valence-corrected chi connectivity index (χ2v) is 4.58. The normalized spacial score (nSPS) is 10.4. The minimum atomic E-state index is -0.155. The van der Waals surface area contributed by atoms with Crippen LogP contribution < -0.4 is 5.32 Å². The summed E-state index contributed by atoms with van der Waals surface area (Å²) in [4.78, 5) is 0. The minimum absolute atomic E-state index is 0.155. The molecule has 2 rings (SSSR count). The van der Waals surface area contributed by atoms with Crippen LogP contribution in [0.25, 0.3) is 0 Å². The number of nitrogens with one attached hydrogen (secondary N) is 1. The molecule has 0 fully saturated rings. The van der Waals surface area contributed by atoms with Crippen LogP contribution in [0.5, 0.6) is 0 Å². The Balaban J connectivity index is 1.87. The lowest BCUT2D eigenvalue weighted by molar-refractivity contribution is 0.610. The number of benzene rings is 1. The van der Waals surface area contributed by atoms with Gasteiger partial charge < -0.3 is 5.32 Å². The Morgan fingerprint density at radius 2 is 2.12 bits per heavy atom. The van der Waals surface area contributed by atoms with E-state index in [0.717, 1.165) is 15.7 Å². The molecule has 0 bridgehead atoms. The molecule has 0 amide bonds. The van der Waals surface area contributed by atoms with Crippen molar-refractivity contribution in [1.29, 1.82) is 0 Å². The molecular weight excluding hydrogens is 225 g/mol. The largest absolute Gasteiger partial charge is 0.360 e. The van der Waals surface area contributed by atoms with Gasteiger partial charge in [0.1, 0.15) is 10.8 Å². The van der Waals surface area contributed by atoms with Crippen molar-refractivity contribution in [2.45, 2.75) is 13.3 Å². The van der Waals surface area contributed by atoms with E-state index in [1.165, 1.54) is 17.4 Å². The zero-order chi connectivity index (χ0) is 11.4. The molecule has 5 heteroatoms. The fraction of sp³-hybridized carbons (Fsp3) is 0.273. The Morgan fingerprint density at radius 3 is 2.81 bits per heavy atom. The van der Waals surface area contributed by atoms with Crippen molar-refractivity contribution in [1.82, 2.24) is 10.2 Å². The summed E-state index contributed by atoms with van der Waals surface area (Å²) >= 11 is 1.50. The van der Waals surface area contributed by atoms with Gasteiger partial charge in [-0.1, -0.05) is 29.5 Å². The Bertz CT molecular complexity index is 470. The summed E-state index contributed by atoms with van der Waals surface area (Å²) in [6.45, 7) is 2.56. The maximum Gasteiger partial charge on any atom is 0.205 e. The van der Waals surface area contributed by atoms with Gasteiger partial charge in [-0.25, -0.2) is 4.39 Å². The Kier molecular flexibility index (Phi) is 3.46. The van der Waals surface area contributed by atoms with Crippen LogP contribution in [0.2, 0.25) is 0 Å². The molecule has 0 aliphatic heterocycles. The van der Waals surface area contributed by atoms with E-state index in [1.54, 1.807) is 12.1 Å². The summed E-state index contributed by atoms with van der Waals surface area (Å²) in [5.74, 6) is -0.155. The van der Waals surface area contributed by atoms with Crippen molar-refractivity contribution in [2.24, 2.45) is 0 Å². The van der Waals surface area contributed by atoms with Gasteiger partial charge in [0.25, 0.3) is 0 Å². The second kappa shape index (κ2) is 5.03. The maximum atomic E-state index is 13.3. The predicted molar refractivity (Wildman–Crippen MR) is 63.2 cm³/mol. The number of halogens is 1. The Labute approximate surface area is 97.3 Å². The smallest absolute Gasteiger partial charge is 0.205 e. The van der Waals surface area contributed by atoms with Gasteiger partial charge in [0.2, 0.25) is 5.13 Å². The van der Waals surface area contributed by atoms with Crippen LogP contribution in [0.3, 0.4) is 0 Å². The molecule has 0 saturated heterocycles. The molecule has 2 aromatic rings. The average molecular weight is 237 g/mol. The first kappa shape index (κ1) is 11.0.